The van der Waals surface area contributed by atoms with Gasteiger partial charge >= 0.3 is 12.3 Å². The number of hydrogen-bond acceptors (Lipinski definition) is 4. The lowest BCUT2D eigenvalue weighted by Crippen LogP contribution is -2.48. The van der Waals surface area contributed by atoms with Crippen molar-refractivity contribution >= 4 is 17.7 Å². The first-order valence-electron chi connectivity index (χ1n) is 10.0. The summed E-state index contributed by atoms with van der Waals surface area (Å²) in [5, 5.41) is 2.62. The minimum absolute atomic E-state index is 0.00789. The Morgan fingerprint density at radius 1 is 1.23 bits per heavy atom. The Hall–Kier alpha value is -2.52. The molecule has 1 aromatic rings. The summed E-state index contributed by atoms with van der Waals surface area (Å²) in [6, 6.07) is 4.49. The van der Waals surface area contributed by atoms with Crippen molar-refractivity contribution in [3.8, 4) is 0 Å². The van der Waals surface area contributed by atoms with Gasteiger partial charge in [0.05, 0.1) is 17.6 Å². The van der Waals surface area contributed by atoms with Gasteiger partial charge in [0, 0.05) is 38.5 Å². The number of rotatable bonds is 5. The van der Waals surface area contributed by atoms with E-state index in [9.17, 15) is 27.2 Å². The highest BCUT2D eigenvalue weighted by Crippen LogP contribution is 2.37. The maximum absolute atomic E-state index is 14.6. The smallest absolute Gasteiger partial charge is 0.407 e. The van der Waals surface area contributed by atoms with E-state index >= 15 is 0 Å². The summed E-state index contributed by atoms with van der Waals surface area (Å²) in [6.07, 6.45) is -3.96. The lowest BCUT2D eigenvalue weighted by atomic mass is 9.90. The minimum Gasteiger partial charge on any atom is -0.447 e. The molecule has 1 N–H and O–H groups in total. The molecule has 1 unspecified atom stereocenters. The molecule has 0 bridgehead atoms. The molecule has 0 aliphatic carbocycles. The number of amides is 2. The van der Waals surface area contributed by atoms with Crippen LogP contribution in [0.15, 0.2) is 18.2 Å². The van der Waals surface area contributed by atoms with Crippen molar-refractivity contribution in [2.24, 2.45) is 5.92 Å². The van der Waals surface area contributed by atoms with Crippen molar-refractivity contribution in [3.63, 3.8) is 0 Å². The van der Waals surface area contributed by atoms with Crippen LogP contribution in [0.3, 0.4) is 0 Å². The fraction of sp³-hybridized carbons (Fsp3) is 0.600. The van der Waals surface area contributed by atoms with E-state index in [1.54, 1.807) is 11.0 Å². The van der Waals surface area contributed by atoms with Crippen LogP contribution < -0.4 is 10.2 Å². The van der Waals surface area contributed by atoms with Gasteiger partial charge < -0.3 is 19.9 Å². The molecule has 0 saturated carbocycles. The highest BCUT2D eigenvalue weighted by molar-refractivity contribution is 5.77. The molecule has 0 aromatic heterocycles. The van der Waals surface area contributed by atoms with Gasteiger partial charge in [0.25, 0.3) is 0 Å². The predicted molar refractivity (Wildman–Crippen MR) is 99.6 cm³/mol. The summed E-state index contributed by atoms with van der Waals surface area (Å²) >= 11 is 0. The molecule has 3 aliphatic rings. The van der Waals surface area contributed by atoms with Gasteiger partial charge in [-0.15, -0.1) is 0 Å². The van der Waals surface area contributed by atoms with E-state index < -0.39 is 24.0 Å². The van der Waals surface area contributed by atoms with E-state index in [1.165, 1.54) is 17.0 Å². The largest absolute Gasteiger partial charge is 0.447 e. The molecule has 30 heavy (non-hydrogen) atoms. The van der Waals surface area contributed by atoms with Gasteiger partial charge in [-0.3, -0.25) is 4.79 Å². The molecule has 4 rings (SSSR count). The van der Waals surface area contributed by atoms with Crippen LogP contribution in [0.2, 0.25) is 0 Å². The van der Waals surface area contributed by atoms with E-state index in [2.05, 4.69) is 5.32 Å². The lowest BCUT2D eigenvalue weighted by molar-refractivity contribution is -0.168. The van der Waals surface area contributed by atoms with Gasteiger partial charge in [0.2, 0.25) is 5.91 Å². The summed E-state index contributed by atoms with van der Waals surface area (Å²) in [5.41, 5.74) is 0.932. The third-order valence-electron chi connectivity index (χ3n) is 6.11. The molecule has 3 fully saturated rings. The fourth-order valence-corrected chi connectivity index (χ4v) is 4.21. The van der Waals surface area contributed by atoms with Crippen LogP contribution in [0.4, 0.5) is 28.0 Å². The molecule has 3 saturated heterocycles. The summed E-state index contributed by atoms with van der Waals surface area (Å²) in [5.74, 6) is -1.97. The van der Waals surface area contributed by atoms with E-state index in [0.29, 0.717) is 25.9 Å². The first-order chi connectivity index (χ1) is 14.2. The first kappa shape index (κ1) is 20.7. The Kier molecular flexibility index (Phi) is 5.50. The fourth-order valence-electron chi connectivity index (χ4n) is 4.21. The SMILES string of the molecule is O=C1N[C@H](CCC(=O)N2CC(c3ccc(N4CCC(C(F)(F)F)C4)c(F)c3)C2)CO1. The Morgan fingerprint density at radius 2 is 2.00 bits per heavy atom. The summed E-state index contributed by atoms with van der Waals surface area (Å²) in [4.78, 5) is 26.4. The highest BCUT2D eigenvalue weighted by atomic mass is 19.4. The number of cyclic esters (lactones) is 1. The predicted octanol–water partition coefficient (Wildman–Crippen LogP) is 3.03. The molecule has 10 heteroatoms. The number of halogens is 4. The molecule has 3 heterocycles. The summed E-state index contributed by atoms with van der Waals surface area (Å²) in [6.45, 7) is 1.17. The van der Waals surface area contributed by atoms with Gasteiger partial charge in [0.1, 0.15) is 12.4 Å². The van der Waals surface area contributed by atoms with Crippen LogP contribution in [0.5, 0.6) is 0 Å². The number of benzene rings is 1. The second-order valence-corrected chi connectivity index (χ2v) is 8.16. The average Bonchev–Trinajstić information content (AvgIpc) is 3.28. The molecule has 164 valence electrons. The Morgan fingerprint density at radius 3 is 2.60 bits per heavy atom. The number of nitrogens with zero attached hydrogens (tertiary/aromatic N) is 2. The number of anilines is 1. The van der Waals surface area contributed by atoms with Crippen LogP contribution in [-0.2, 0) is 9.53 Å². The molecule has 0 radical (unpaired) electrons. The van der Waals surface area contributed by atoms with Crippen LogP contribution in [0.25, 0.3) is 0 Å². The number of carbonyl (C=O) groups is 2. The number of hydrogen-bond donors (Lipinski definition) is 1. The lowest BCUT2D eigenvalue weighted by Gasteiger charge is -2.40. The number of alkyl carbamates (subject to hydrolysis) is 1. The molecule has 0 spiro atoms. The Labute approximate surface area is 171 Å². The van der Waals surface area contributed by atoms with Gasteiger partial charge in [0.15, 0.2) is 0 Å². The quantitative estimate of drug-likeness (QED) is 0.731. The molecule has 3 aliphatic heterocycles. The van der Waals surface area contributed by atoms with Crippen LogP contribution in [0.1, 0.15) is 30.7 Å². The second-order valence-electron chi connectivity index (χ2n) is 8.16. The van der Waals surface area contributed by atoms with Crippen molar-refractivity contribution in [2.45, 2.75) is 37.4 Å². The number of alkyl halides is 3. The zero-order chi connectivity index (χ0) is 21.5. The average molecular weight is 429 g/mol. The van der Waals surface area contributed by atoms with Crippen molar-refractivity contribution in [2.75, 3.05) is 37.7 Å². The standard InChI is InChI=1S/C20H23F4N3O3/c21-16-7-12(1-3-17(16)26-6-5-14(10-26)20(22,23)24)13-8-27(9-13)18(28)4-2-15-11-30-19(29)25-15/h1,3,7,13-15H,2,4-6,8-11H2,(H,25,29)/t14?,15-/m1/s1. The Bertz CT molecular complexity index is 826. The number of carbonyl (C=O) groups excluding carboxylic acids is 2. The van der Waals surface area contributed by atoms with Gasteiger partial charge in [-0.2, -0.15) is 13.2 Å². The molecule has 6 nitrogen and oxygen atoms in total. The first-order valence-corrected chi connectivity index (χ1v) is 10.0. The van der Waals surface area contributed by atoms with Crippen molar-refractivity contribution in [1.29, 1.82) is 0 Å². The third kappa shape index (κ3) is 4.32. The van der Waals surface area contributed by atoms with Crippen molar-refractivity contribution in [3.05, 3.63) is 29.6 Å². The zero-order valence-electron chi connectivity index (χ0n) is 16.3. The molecular weight excluding hydrogens is 406 g/mol. The van der Waals surface area contributed by atoms with Crippen LogP contribution in [0, 0.1) is 11.7 Å². The minimum atomic E-state index is -4.26. The monoisotopic (exact) mass is 429 g/mol. The topological polar surface area (TPSA) is 61.9 Å². The maximum atomic E-state index is 14.6. The van der Waals surface area contributed by atoms with Crippen molar-refractivity contribution < 1.29 is 31.9 Å². The number of nitrogens with one attached hydrogen (secondary N) is 1. The second kappa shape index (κ2) is 7.96. The number of ether oxygens (including phenoxy) is 1. The van der Waals surface area contributed by atoms with E-state index in [1.807, 2.05) is 0 Å². The van der Waals surface area contributed by atoms with E-state index in [-0.39, 0.29) is 49.7 Å². The Balaban J connectivity index is 1.27. The highest BCUT2D eigenvalue weighted by Gasteiger charge is 2.44. The molecule has 2 atom stereocenters. The van der Waals surface area contributed by atoms with Gasteiger partial charge in [-0.05, 0) is 30.5 Å². The van der Waals surface area contributed by atoms with Crippen LogP contribution >= 0.6 is 0 Å². The summed E-state index contributed by atoms with van der Waals surface area (Å²) < 4.78 is 57.9. The third-order valence-corrected chi connectivity index (χ3v) is 6.11. The zero-order valence-corrected chi connectivity index (χ0v) is 16.3. The normalized spacial score (nSPS) is 24.6. The summed E-state index contributed by atoms with van der Waals surface area (Å²) in [7, 11) is 0. The van der Waals surface area contributed by atoms with Crippen LogP contribution in [-0.4, -0.2) is 61.9 Å². The molecule has 1 aromatic carbocycles. The molecular formula is C20H23F4N3O3. The van der Waals surface area contributed by atoms with Gasteiger partial charge in [-0.25, -0.2) is 9.18 Å². The number of likely N-dealkylation sites (tertiary alicyclic amines) is 1. The van der Waals surface area contributed by atoms with E-state index in [0.717, 1.165) is 5.56 Å². The maximum Gasteiger partial charge on any atom is 0.407 e. The van der Waals surface area contributed by atoms with Gasteiger partial charge in [-0.1, -0.05) is 6.07 Å². The van der Waals surface area contributed by atoms with E-state index in [4.69, 9.17) is 4.74 Å². The molecule has 2 amide bonds. The van der Waals surface area contributed by atoms with Crippen molar-refractivity contribution in [1.82, 2.24) is 10.2 Å².